The normalized spacial score (nSPS) is 16.7. The Morgan fingerprint density at radius 1 is 1.29 bits per heavy atom. The largest absolute Gasteiger partial charge is 0.493 e. The van der Waals surface area contributed by atoms with Crippen LogP contribution in [0, 0.1) is 18.7 Å². The molecule has 1 amide bonds. The second kappa shape index (κ2) is 7.47. The first-order valence-corrected chi connectivity index (χ1v) is 8.34. The van der Waals surface area contributed by atoms with Gasteiger partial charge in [-0.25, -0.2) is 4.39 Å². The Bertz CT molecular complexity index is 729. The van der Waals surface area contributed by atoms with Gasteiger partial charge in [-0.2, -0.15) is 0 Å². The third-order valence-corrected chi connectivity index (χ3v) is 4.51. The molecule has 0 aromatic heterocycles. The van der Waals surface area contributed by atoms with Crippen LogP contribution in [0.15, 0.2) is 42.5 Å². The number of hydrogen-bond donors (Lipinski definition) is 1. The fraction of sp³-hybridized carbons (Fsp3) is 0.350. The Hall–Kier alpha value is -2.36. The molecule has 0 saturated heterocycles. The number of rotatable bonds is 4. The van der Waals surface area contributed by atoms with E-state index in [0.29, 0.717) is 19.1 Å². The summed E-state index contributed by atoms with van der Waals surface area (Å²) in [5.74, 6) is 0.927. The highest BCUT2D eigenvalue weighted by Crippen LogP contribution is 2.26. The van der Waals surface area contributed by atoms with E-state index in [1.807, 2.05) is 25.1 Å². The van der Waals surface area contributed by atoms with Gasteiger partial charge in [-0.05, 0) is 60.6 Å². The first-order valence-electron chi connectivity index (χ1n) is 8.34. The van der Waals surface area contributed by atoms with Gasteiger partial charge in [-0.1, -0.05) is 24.3 Å². The number of aryl methyl sites for hydroxylation is 1. The maximum Gasteiger partial charge on any atom is 0.224 e. The Morgan fingerprint density at radius 3 is 3.00 bits per heavy atom. The maximum atomic E-state index is 13.3. The highest BCUT2D eigenvalue weighted by atomic mass is 19.1. The molecule has 0 saturated carbocycles. The number of amides is 1. The van der Waals surface area contributed by atoms with Crippen LogP contribution < -0.4 is 10.1 Å². The second-order valence-corrected chi connectivity index (χ2v) is 6.37. The molecule has 1 aliphatic rings. The van der Waals surface area contributed by atoms with Crippen molar-refractivity contribution in [2.45, 2.75) is 26.2 Å². The Balaban J connectivity index is 1.55. The summed E-state index contributed by atoms with van der Waals surface area (Å²) in [6.45, 7) is 3.17. The lowest BCUT2D eigenvalue weighted by atomic mass is 9.96. The molecule has 0 unspecified atom stereocenters. The van der Waals surface area contributed by atoms with Crippen molar-refractivity contribution >= 4 is 5.91 Å². The van der Waals surface area contributed by atoms with Crippen LogP contribution in [0.3, 0.4) is 0 Å². The predicted octanol–water partition coefficient (Wildman–Crippen LogP) is 3.43. The Labute approximate surface area is 141 Å². The average Bonchev–Trinajstić information content (AvgIpc) is 2.78. The van der Waals surface area contributed by atoms with Crippen LogP contribution in [0.25, 0.3) is 0 Å². The summed E-state index contributed by atoms with van der Waals surface area (Å²) < 4.78 is 19.1. The van der Waals surface area contributed by atoms with E-state index in [1.54, 1.807) is 6.07 Å². The van der Waals surface area contributed by atoms with Crippen molar-refractivity contribution in [1.82, 2.24) is 5.32 Å². The lowest BCUT2D eigenvalue weighted by molar-refractivity contribution is -0.120. The Morgan fingerprint density at radius 2 is 2.12 bits per heavy atom. The van der Waals surface area contributed by atoms with E-state index in [0.717, 1.165) is 29.7 Å². The number of halogens is 1. The standard InChI is InChI=1S/C20H22FNO2/c1-14-6-7-18(21)11-17(14)12-20(23)22-13-15-8-9-24-19-5-3-2-4-16(19)10-15/h2-7,11,15H,8-10,12-13H2,1H3,(H,22,23)/t15-/m1/s1. The van der Waals surface area contributed by atoms with Gasteiger partial charge in [0.1, 0.15) is 11.6 Å². The lowest BCUT2D eigenvalue weighted by Gasteiger charge is -2.15. The molecule has 126 valence electrons. The first-order chi connectivity index (χ1) is 11.6. The highest BCUT2D eigenvalue weighted by Gasteiger charge is 2.18. The molecule has 0 aliphatic carbocycles. The number of para-hydroxylation sites is 1. The van der Waals surface area contributed by atoms with Crippen molar-refractivity contribution in [3.63, 3.8) is 0 Å². The number of fused-ring (bicyclic) bond motifs is 1. The second-order valence-electron chi connectivity index (χ2n) is 6.37. The smallest absolute Gasteiger partial charge is 0.224 e. The third-order valence-electron chi connectivity index (χ3n) is 4.51. The summed E-state index contributed by atoms with van der Waals surface area (Å²) in [5.41, 5.74) is 2.86. The third kappa shape index (κ3) is 4.13. The van der Waals surface area contributed by atoms with Crippen LogP contribution in [0.1, 0.15) is 23.1 Å². The molecule has 0 fully saturated rings. The molecular formula is C20H22FNO2. The van der Waals surface area contributed by atoms with Crippen molar-refractivity contribution in [2.75, 3.05) is 13.2 Å². The van der Waals surface area contributed by atoms with Crippen LogP contribution in [0.2, 0.25) is 0 Å². The molecular weight excluding hydrogens is 305 g/mol. The number of hydrogen-bond acceptors (Lipinski definition) is 2. The van der Waals surface area contributed by atoms with Gasteiger partial charge < -0.3 is 10.1 Å². The zero-order valence-corrected chi connectivity index (χ0v) is 13.8. The molecule has 2 aromatic carbocycles. The molecule has 0 spiro atoms. The first kappa shape index (κ1) is 16.5. The van der Waals surface area contributed by atoms with E-state index < -0.39 is 0 Å². The fourth-order valence-corrected chi connectivity index (χ4v) is 3.06. The van der Waals surface area contributed by atoms with Gasteiger partial charge in [0.25, 0.3) is 0 Å². The van der Waals surface area contributed by atoms with Gasteiger partial charge in [-0.15, -0.1) is 0 Å². The van der Waals surface area contributed by atoms with Gasteiger partial charge >= 0.3 is 0 Å². The zero-order chi connectivity index (χ0) is 16.9. The van der Waals surface area contributed by atoms with Crippen molar-refractivity contribution in [3.8, 4) is 5.75 Å². The van der Waals surface area contributed by atoms with Gasteiger partial charge in [0.15, 0.2) is 0 Å². The summed E-state index contributed by atoms with van der Waals surface area (Å²) in [7, 11) is 0. The van der Waals surface area contributed by atoms with Crippen LogP contribution in [0.4, 0.5) is 4.39 Å². The average molecular weight is 327 g/mol. The van der Waals surface area contributed by atoms with Crippen LogP contribution in [0.5, 0.6) is 5.75 Å². The van der Waals surface area contributed by atoms with Crippen molar-refractivity contribution in [2.24, 2.45) is 5.92 Å². The summed E-state index contributed by atoms with van der Waals surface area (Å²) >= 11 is 0. The fourth-order valence-electron chi connectivity index (χ4n) is 3.06. The molecule has 1 atom stereocenters. The highest BCUT2D eigenvalue weighted by molar-refractivity contribution is 5.78. The van der Waals surface area contributed by atoms with Crippen molar-refractivity contribution < 1.29 is 13.9 Å². The number of nitrogens with one attached hydrogen (secondary N) is 1. The minimum atomic E-state index is -0.305. The van der Waals surface area contributed by atoms with Crippen LogP contribution in [-0.2, 0) is 17.6 Å². The topological polar surface area (TPSA) is 38.3 Å². The zero-order valence-electron chi connectivity index (χ0n) is 13.8. The number of carbonyl (C=O) groups is 1. The van der Waals surface area contributed by atoms with E-state index in [4.69, 9.17) is 4.74 Å². The molecule has 1 N–H and O–H groups in total. The SMILES string of the molecule is Cc1ccc(F)cc1CC(=O)NC[C@@H]1CCOc2ccccc2C1. The molecule has 0 bridgehead atoms. The van der Waals surface area contributed by atoms with Gasteiger partial charge in [0, 0.05) is 6.54 Å². The Kier molecular flexibility index (Phi) is 5.14. The molecule has 0 radical (unpaired) electrons. The van der Waals surface area contributed by atoms with E-state index >= 15 is 0 Å². The molecule has 3 rings (SSSR count). The predicted molar refractivity (Wildman–Crippen MR) is 91.6 cm³/mol. The molecule has 4 heteroatoms. The molecule has 1 aliphatic heterocycles. The van der Waals surface area contributed by atoms with Gasteiger partial charge in [-0.3, -0.25) is 4.79 Å². The van der Waals surface area contributed by atoms with Gasteiger partial charge in [0.05, 0.1) is 13.0 Å². The number of carbonyl (C=O) groups excluding carboxylic acids is 1. The molecule has 24 heavy (non-hydrogen) atoms. The lowest BCUT2D eigenvalue weighted by Crippen LogP contribution is -2.31. The van der Waals surface area contributed by atoms with E-state index in [9.17, 15) is 9.18 Å². The number of ether oxygens (including phenoxy) is 1. The summed E-state index contributed by atoms with van der Waals surface area (Å²) in [6.07, 6.45) is 2.02. The van der Waals surface area contributed by atoms with E-state index in [-0.39, 0.29) is 18.1 Å². The van der Waals surface area contributed by atoms with Crippen molar-refractivity contribution in [1.29, 1.82) is 0 Å². The van der Waals surface area contributed by atoms with Crippen molar-refractivity contribution in [3.05, 3.63) is 65.0 Å². The van der Waals surface area contributed by atoms with Crippen LogP contribution in [-0.4, -0.2) is 19.1 Å². The molecule has 2 aromatic rings. The summed E-state index contributed by atoms with van der Waals surface area (Å²) in [6, 6.07) is 12.6. The summed E-state index contributed by atoms with van der Waals surface area (Å²) in [5, 5.41) is 2.99. The molecule has 3 nitrogen and oxygen atoms in total. The maximum absolute atomic E-state index is 13.3. The molecule has 1 heterocycles. The monoisotopic (exact) mass is 327 g/mol. The minimum absolute atomic E-state index is 0.0675. The van der Waals surface area contributed by atoms with E-state index in [1.165, 1.54) is 17.7 Å². The summed E-state index contributed by atoms with van der Waals surface area (Å²) in [4.78, 5) is 12.2. The van der Waals surface area contributed by atoms with Crippen LogP contribution >= 0.6 is 0 Å². The minimum Gasteiger partial charge on any atom is -0.493 e. The van der Waals surface area contributed by atoms with E-state index in [2.05, 4.69) is 11.4 Å². The number of benzene rings is 2. The quantitative estimate of drug-likeness (QED) is 0.934. The van der Waals surface area contributed by atoms with Gasteiger partial charge in [0.2, 0.25) is 5.91 Å².